The van der Waals surface area contributed by atoms with Gasteiger partial charge in [-0.25, -0.2) is 4.79 Å². The Balaban J connectivity index is 0. The van der Waals surface area contributed by atoms with Crippen LogP contribution in [0.2, 0.25) is 0 Å². The van der Waals surface area contributed by atoms with E-state index < -0.39 is 11.5 Å². The standard InChI is InChI=1S/C9H18N2O3.ClH/c1-4-9(2,8(13)14-3)11-7(12)5-6-10;/h4-6,10H2,1-3H3,(H,11,12);1H. The van der Waals surface area contributed by atoms with Gasteiger partial charge < -0.3 is 15.8 Å². The number of hydrogen-bond donors (Lipinski definition) is 2. The third kappa shape index (κ3) is 4.99. The molecule has 0 spiro atoms. The van der Waals surface area contributed by atoms with Crippen molar-refractivity contribution in [3.8, 4) is 0 Å². The van der Waals surface area contributed by atoms with Gasteiger partial charge in [-0.15, -0.1) is 12.4 Å². The molecule has 0 aliphatic carbocycles. The van der Waals surface area contributed by atoms with Gasteiger partial charge in [-0.1, -0.05) is 6.92 Å². The van der Waals surface area contributed by atoms with Gasteiger partial charge in [-0.2, -0.15) is 0 Å². The third-order valence-corrected chi connectivity index (χ3v) is 2.13. The van der Waals surface area contributed by atoms with Gasteiger partial charge in [-0.3, -0.25) is 4.79 Å². The van der Waals surface area contributed by atoms with Crippen LogP contribution < -0.4 is 11.1 Å². The molecular weight excluding hydrogens is 220 g/mol. The zero-order valence-corrected chi connectivity index (χ0v) is 10.1. The average molecular weight is 239 g/mol. The first-order valence-electron chi connectivity index (χ1n) is 4.59. The second-order valence-corrected chi connectivity index (χ2v) is 3.26. The van der Waals surface area contributed by atoms with Crippen LogP contribution in [0.3, 0.4) is 0 Å². The fourth-order valence-electron chi connectivity index (χ4n) is 1.01. The molecule has 0 saturated heterocycles. The van der Waals surface area contributed by atoms with E-state index in [1.54, 1.807) is 13.8 Å². The molecule has 0 radical (unpaired) electrons. The summed E-state index contributed by atoms with van der Waals surface area (Å²) in [7, 11) is 1.30. The van der Waals surface area contributed by atoms with Crippen molar-refractivity contribution < 1.29 is 14.3 Å². The van der Waals surface area contributed by atoms with E-state index in [2.05, 4.69) is 10.1 Å². The summed E-state index contributed by atoms with van der Waals surface area (Å²) in [4.78, 5) is 22.6. The number of hydrogen-bond acceptors (Lipinski definition) is 4. The molecule has 0 aromatic rings. The molecule has 0 aromatic carbocycles. The summed E-state index contributed by atoms with van der Waals surface area (Å²) >= 11 is 0. The van der Waals surface area contributed by atoms with Crippen LogP contribution in [-0.2, 0) is 14.3 Å². The molecule has 1 unspecified atom stereocenters. The quantitative estimate of drug-likeness (QED) is 0.672. The van der Waals surface area contributed by atoms with Gasteiger partial charge in [0, 0.05) is 13.0 Å². The lowest BCUT2D eigenvalue weighted by Gasteiger charge is -2.26. The highest BCUT2D eigenvalue weighted by Gasteiger charge is 2.33. The van der Waals surface area contributed by atoms with Crippen LogP contribution in [0, 0.1) is 0 Å². The summed E-state index contributed by atoms with van der Waals surface area (Å²) in [5.74, 6) is -0.673. The summed E-state index contributed by atoms with van der Waals surface area (Å²) in [6.07, 6.45) is 0.697. The minimum Gasteiger partial charge on any atom is -0.467 e. The number of nitrogens with one attached hydrogen (secondary N) is 1. The Hall–Kier alpha value is -0.810. The smallest absolute Gasteiger partial charge is 0.331 e. The molecule has 0 aromatic heterocycles. The highest BCUT2D eigenvalue weighted by molar-refractivity contribution is 5.87. The molecule has 6 heteroatoms. The van der Waals surface area contributed by atoms with Crippen molar-refractivity contribution >= 4 is 24.3 Å². The normalized spacial score (nSPS) is 13.3. The van der Waals surface area contributed by atoms with Crippen LogP contribution >= 0.6 is 12.4 Å². The Labute approximate surface area is 96.1 Å². The highest BCUT2D eigenvalue weighted by atomic mass is 35.5. The van der Waals surface area contributed by atoms with Gasteiger partial charge >= 0.3 is 5.97 Å². The van der Waals surface area contributed by atoms with Crippen molar-refractivity contribution in [1.82, 2.24) is 5.32 Å². The van der Waals surface area contributed by atoms with Crippen molar-refractivity contribution in [2.45, 2.75) is 32.2 Å². The van der Waals surface area contributed by atoms with Gasteiger partial charge in [-0.05, 0) is 13.3 Å². The maximum atomic E-state index is 11.3. The highest BCUT2D eigenvalue weighted by Crippen LogP contribution is 2.11. The summed E-state index contributed by atoms with van der Waals surface area (Å²) < 4.78 is 4.60. The number of rotatable bonds is 5. The fraction of sp³-hybridized carbons (Fsp3) is 0.778. The Morgan fingerprint density at radius 2 is 2.00 bits per heavy atom. The van der Waals surface area contributed by atoms with E-state index in [9.17, 15) is 9.59 Å². The molecular formula is C9H19ClN2O3. The zero-order valence-electron chi connectivity index (χ0n) is 9.33. The Kier molecular flexibility index (Phi) is 8.28. The van der Waals surface area contributed by atoms with Crippen molar-refractivity contribution in [3.05, 3.63) is 0 Å². The molecule has 5 nitrogen and oxygen atoms in total. The van der Waals surface area contributed by atoms with E-state index in [1.807, 2.05) is 0 Å². The van der Waals surface area contributed by atoms with Crippen LogP contribution in [0.4, 0.5) is 0 Å². The fourth-order valence-corrected chi connectivity index (χ4v) is 1.01. The minimum absolute atomic E-state index is 0. The SMILES string of the molecule is CCC(C)(NC(=O)CCN)C(=O)OC.Cl. The molecule has 0 fully saturated rings. The predicted octanol–water partition coefficient (Wildman–Crippen LogP) is 0.215. The maximum Gasteiger partial charge on any atom is 0.331 e. The second kappa shape index (κ2) is 7.48. The molecule has 15 heavy (non-hydrogen) atoms. The molecule has 90 valence electrons. The first kappa shape index (κ1) is 16.6. The lowest BCUT2D eigenvalue weighted by molar-refractivity contribution is -0.150. The zero-order chi connectivity index (χ0) is 11.2. The van der Waals surface area contributed by atoms with Gasteiger partial charge in [0.15, 0.2) is 0 Å². The number of carbonyl (C=O) groups is 2. The number of carbonyl (C=O) groups excluding carboxylic acids is 2. The average Bonchev–Trinajstić information content (AvgIpc) is 2.16. The van der Waals surface area contributed by atoms with E-state index in [0.29, 0.717) is 6.42 Å². The summed E-state index contributed by atoms with van der Waals surface area (Å²) in [5, 5.41) is 2.60. The molecule has 1 amide bonds. The number of nitrogens with two attached hydrogens (primary N) is 1. The van der Waals surface area contributed by atoms with Crippen LogP contribution in [-0.4, -0.2) is 31.1 Å². The Morgan fingerprint density at radius 3 is 2.33 bits per heavy atom. The summed E-state index contributed by atoms with van der Waals surface area (Å²) in [6, 6.07) is 0. The van der Waals surface area contributed by atoms with Gasteiger partial charge in [0.1, 0.15) is 5.54 Å². The van der Waals surface area contributed by atoms with Crippen molar-refractivity contribution in [1.29, 1.82) is 0 Å². The minimum atomic E-state index is -0.943. The summed E-state index contributed by atoms with van der Waals surface area (Å²) in [6.45, 7) is 3.71. The maximum absolute atomic E-state index is 11.3. The molecule has 0 aliphatic heterocycles. The number of methoxy groups -OCH3 is 1. The molecule has 0 aliphatic rings. The first-order valence-corrected chi connectivity index (χ1v) is 4.59. The molecule has 3 N–H and O–H groups in total. The second-order valence-electron chi connectivity index (χ2n) is 3.26. The van der Waals surface area contributed by atoms with Gasteiger partial charge in [0.25, 0.3) is 0 Å². The largest absolute Gasteiger partial charge is 0.467 e. The van der Waals surface area contributed by atoms with Crippen LogP contribution in [0.25, 0.3) is 0 Å². The van der Waals surface area contributed by atoms with E-state index >= 15 is 0 Å². The Morgan fingerprint density at radius 1 is 1.47 bits per heavy atom. The number of ether oxygens (including phenoxy) is 1. The van der Waals surface area contributed by atoms with Crippen molar-refractivity contribution in [2.75, 3.05) is 13.7 Å². The lowest BCUT2D eigenvalue weighted by Crippen LogP contribution is -2.52. The van der Waals surface area contributed by atoms with Crippen LogP contribution in [0.15, 0.2) is 0 Å². The number of halogens is 1. The predicted molar refractivity (Wildman–Crippen MR) is 59.8 cm³/mol. The molecule has 1 atom stereocenters. The number of amides is 1. The van der Waals surface area contributed by atoms with Crippen LogP contribution in [0.5, 0.6) is 0 Å². The molecule has 0 rings (SSSR count). The Bertz CT molecular complexity index is 223. The topological polar surface area (TPSA) is 81.4 Å². The van der Waals surface area contributed by atoms with Crippen molar-refractivity contribution in [3.63, 3.8) is 0 Å². The lowest BCUT2D eigenvalue weighted by atomic mass is 9.99. The van der Waals surface area contributed by atoms with E-state index in [0.717, 1.165) is 0 Å². The van der Waals surface area contributed by atoms with E-state index in [4.69, 9.17) is 5.73 Å². The van der Waals surface area contributed by atoms with Crippen molar-refractivity contribution in [2.24, 2.45) is 5.73 Å². The monoisotopic (exact) mass is 238 g/mol. The molecule has 0 bridgehead atoms. The van der Waals surface area contributed by atoms with Crippen LogP contribution in [0.1, 0.15) is 26.7 Å². The molecule has 0 heterocycles. The summed E-state index contributed by atoms with van der Waals surface area (Å²) in [5.41, 5.74) is 4.28. The van der Waals surface area contributed by atoms with Gasteiger partial charge in [0.2, 0.25) is 5.91 Å². The molecule has 0 saturated carbocycles. The van der Waals surface area contributed by atoms with Gasteiger partial charge in [0.05, 0.1) is 7.11 Å². The number of esters is 1. The van der Waals surface area contributed by atoms with E-state index in [-0.39, 0.29) is 31.3 Å². The van der Waals surface area contributed by atoms with E-state index in [1.165, 1.54) is 7.11 Å². The third-order valence-electron chi connectivity index (χ3n) is 2.13. The first-order chi connectivity index (χ1) is 6.50.